The molecule has 0 amide bonds. The summed E-state index contributed by atoms with van der Waals surface area (Å²) in [5.41, 5.74) is 0.222. The highest BCUT2D eigenvalue weighted by Crippen LogP contribution is 2.37. The normalized spacial score (nSPS) is 20.3. The lowest BCUT2D eigenvalue weighted by molar-refractivity contribution is 0.00578. The van der Waals surface area contributed by atoms with Gasteiger partial charge in [-0.2, -0.15) is 0 Å². The fraction of sp³-hybridized carbons (Fsp3) is 0.429. The van der Waals surface area contributed by atoms with E-state index in [0.29, 0.717) is 0 Å². The number of pyridine rings is 1. The quantitative estimate of drug-likeness (QED) is 0.796. The van der Waals surface area contributed by atoms with Crippen LogP contribution in [0.1, 0.15) is 27.7 Å². The number of hydrogen-bond acceptors (Lipinski definition) is 5. The van der Waals surface area contributed by atoms with Crippen LogP contribution in [0.5, 0.6) is 0 Å². The molecular formula is C14H17BN2O2S. The molecule has 3 heterocycles. The number of aromatic nitrogens is 2. The van der Waals surface area contributed by atoms with Gasteiger partial charge in [0.1, 0.15) is 5.01 Å². The van der Waals surface area contributed by atoms with Gasteiger partial charge in [0.25, 0.3) is 0 Å². The van der Waals surface area contributed by atoms with Crippen LogP contribution in [0.25, 0.3) is 10.7 Å². The predicted octanol–water partition coefficient (Wildman–Crippen LogP) is 2.50. The molecule has 0 atom stereocenters. The van der Waals surface area contributed by atoms with Crippen LogP contribution in [0, 0.1) is 0 Å². The van der Waals surface area contributed by atoms with Crippen LogP contribution in [-0.2, 0) is 9.31 Å². The molecule has 3 rings (SSSR count). The molecule has 0 bridgehead atoms. The first-order chi connectivity index (χ1) is 9.39. The largest absolute Gasteiger partial charge is 0.507 e. The van der Waals surface area contributed by atoms with Crippen molar-refractivity contribution in [1.82, 2.24) is 9.97 Å². The molecule has 1 aliphatic heterocycles. The Kier molecular flexibility index (Phi) is 3.19. The van der Waals surface area contributed by atoms with Crippen LogP contribution in [0.4, 0.5) is 0 Å². The number of rotatable bonds is 2. The molecule has 1 fully saturated rings. The zero-order valence-corrected chi connectivity index (χ0v) is 12.9. The van der Waals surface area contributed by atoms with Gasteiger partial charge in [0, 0.05) is 12.4 Å². The SMILES string of the molecule is CC1(C)OB(c2cnc(-c3ccccn3)s2)OC1(C)C. The van der Waals surface area contributed by atoms with Gasteiger partial charge in [-0.15, -0.1) is 11.3 Å². The maximum absolute atomic E-state index is 6.03. The maximum atomic E-state index is 6.03. The fourth-order valence-electron chi connectivity index (χ4n) is 1.96. The number of hydrogen-bond donors (Lipinski definition) is 0. The molecule has 6 heteroatoms. The Labute approximate surface area is 123 Å². The molecule has 104 valence electrons. The molecule has 20 heavy (non-hydrogen) atoms. The van der Waals surface area contributed by atoms with Crippen molar-refractivity contribution in [1.29, 1.82) is 0 Å². The molecular weight excluding hydrogens is 271 g/mol. The van der Waals surface area contributed by atoms with Gasteiger partial charge < -0.3 is 9.31 Å². The summed E-state index contributed by atoms with van der Waals surface area (Å²) in [5, 5.41) is 0.885. The Morgan fingerprint density at radius 1 is 1.05 bits per heavy atom. The highest BCUT2D eigenvalue weighted by atomic mass is 32.1. The minimum atomic E-state index is -0.352. The summed E-state index contributed by atoms with van der Waals surface area (Å²) in [7, 11) is -0.352. The Balaban J connectivity index is 1.86. The maximum Gasteiger partial charge on any atom is 0.507 e. The Morgan fingerprint density at radius 2 is 1.75 bits per heavy atom. The first kappa shape index (κ1) is 13.7. The van der Waals surface area contributed by atoms with Crippen molar-refractivity contribution in [3.63, 3.8) is 0 Å². The van der Waals surface area contributed by atoms with E-state index in [0.717, 1.165) is 15.5 Å². The summed E-state index contributed by atoms with van der Waals surface area (Å²) in [6, 6.07) is 5.80. The molecule has 2 aromatic rings. The van der Waals surface area contributed by atoms with E-state index in [1.54, 1.807) is 17.5 Å². The molecule has 0 saturated carbocycles. The van der Waals surface area contributed by atoms with E-state index in [1.165, 1.54) is 0 Å². The predicted molar refractivity (Wildman–Crippen MR) is 81.1 cm³/mol. The van der Waals surface area contributed by atoms with Crippen LogP contribution in [0.2, 0.25) is 0 Å². The van der Waals surface area contributed by atoms with Crippen molar-refractivity contribution in [3.05, 3.63) is 30.6 Å². The molecule has 0 N–H and O–H groups in total. The third-order valence-electron chi connectivity index (χ3n) is 3.89. The summed E-state index contributed by atoms with van der Waals surface area (Å²) < 4.78 is 13.0. The molecule has 4 nitrogen and oxygen atoms in total. The average Bonchev–Trinajstić information content (AvgIpc) is 2.94. The zero-order valence-electron chi connectivity index (χ0n) is 12.1. The van der Waals surface area contributed by atoms with Crippen molar-refractivity contribution >= 4 is 23.2 Å². The first-order valence-corrected chi connectivity index (χ1v) is 7.43. The van der Waals surface area contributed by atoms with E-state index in [-0.39, 0.29) is 18.3 Å². The summed E-state index contributed by atoms with van der Waals surface area (Å²) >= 11 is 1.56. The summed E-state index contributed by atoms with van der Waals surface area (Å²) in [6.07, 6.45) is 3.59. The van der Waals surface area contributed by atoms with Crippen molar-refractivity contribution in [2.75, 3.05) is 0 Å². The van der Waals surface area contributed by atoms with Crippen molar-refractivity contribution in [3.8, 4) is 10.7 Å². The first-order valence-electron chi connectivity index (χ1n) is 6.62. The van der Waals surface area contributed by atoms with Crippen LogP contribution in [-0.4, -0.2) is 28.3 Å². The number of thiazole rings is 1. The molecule has 1 aliphatic rings. The highest BCUT2D eigenvalue weighted by molar-refractivity contribution is 7.24. The highest BCUT2D eigenvalue weighted by Gasteiger charge is 2.52. The number of nitrogens with zero attached hydrogens (tertiary/aromatic N) is 2. The minimum absolute atomic E-state index is 0.327. The second-order valence-corrected chi connectivity index (χ2v) is 6.93. The van der Waals surface area contributed by atoms with Crippen LogP contribution < -0.4 is 4.78 Å². The molecule has 1 saturated heterocycles. The monoisotopic (exact) mass is 288 g/mol. The summed E-state index contributed by atoms with van der Waals surface area (Å²) in [4.78, 5) is 8.73. The van der Waals surface area contributed by atoms with Crippen LogP contribution in [0.15, 0.2) is 30.6 Å². The van der Waals surface area contributed by atoms with E-state index < -0.39 is 0 Å². The van der Waals surface area contributed by atoms with E-state index in [2.05, 4.69) is 9.97 Å². The van der Waals surface area contributed by atoms with E-state index in [4.69, 9.17) is 9.31 Å². The Hall–Kier alpha value is -1.24. The lowest BCUT2D eigenvalue weighted by Crippen LogP contribution is -2.41. The lowest BCUT2D eigenvalue weighted by atomic mass is 9.89. The lowest BCUT2D eigenvalue weighted by Gasteiger charge is -2.32. The Bertz CT molecular complexity index is 597. The van der Waals surface area contributed by atoms with Crippen molar-refractivity contribution in [2.45, 2.75) is 38.9 Å². The molecule has 0 aromatic carbocycles. The smallest absolute Gasteiger partial charge is 0.399 e. The van der Waals surface area contributed by atoms with Gasteiger partial charge in [-0.05, 0) is 39.8 Å². The molecule has 0 spiro atoms. The minimum Gasteiger partial charge on any atom is -0.399 e. The standard InChI is InChI=1S/C14H17BN2O2S/c1-13(2)14(3,4)19-15(18-13)11-9-17-12(20-11)10-7-5-6-8-16-10/h5-9H,1-4H3. The Morgan fingerprint density at radius 3 is 2.35 bits per heavy atom. The van der Waals surface area contributed by atoms with Gasteiger partial charge in [-0.1, -0.05) is 6.07 Å². The van der Waals surface area contributed by atoms with Crippen LogP contribution in [0.3, 0.4) is 0 Å². The van der Waals surface area contributed by atoms with Gasteiger partial charge in [0.2, 0.25) is 0 Å². The molecule has 0 unspecified atom stereocenters. The molecule has 2 aromatic heterocycles. The van der Waals surface area contributed by atoms with Gasteiger partial charge in [0.15, 0.2) is 0 Å². The average molecular weight is 288 g/mol. The topological polar surface area (TPSA) is 44.2 Å². The summed E-state index contributed by atoms with van der Waals surface area (Å²) in [6.45, 7) is 8.20. The van der Waals surface area contributed by atoms with Gasteiger partial charge >= 0.3 is 7.12 Å². The van der Waals surface area contributed by atoms with E-state index in [1.807, 2.05) is 52.1 Å². The van der Waals surface area contributed by atoms with Gasteiger partial charge in [-0.25, -0.2) is 4.98 Å². The summed E-state index contributed by atoms with van der Waals surface area (Å²) in [5.74, 6) is 0. The van der Waals surface area contributed by atoms with E-state index >= 15 is 0 Å². The third kappa shape index (κ3) is 2.28. The van der Waals surface area contributed by atoms with E-state index in [9.17, 15) is 0 Å². The second kappa shape index (κ2) is 4.65. The second-order valence-electron chi connectivity index (χ2n) is 5.87. The van der Waals surface area contributed by atoms with Crippen molar-refractivity contribution in [2.24, 2.45) is 0 Å². The van der Waals surface area contributed by atoms with Crippen LogP contribution >= 0.6 is 11.3 Å². The molecule has 0 radical (unpaired) electrons. The fourth-order valence-corrected chi connectivity index (χ4v) is 2.81. The third-order valence-corrected chi connectivity index (χ3v) is 4.93. The molecule has 0 aliphatic carbocycles. The van der Waals surface area contributed by atoms with Gasteiger partial charge in [0.05, 0.1) is 21.7 Å². The zero-order chi connectivity index (χ0) is 14.4. The van der Waals surface area contributed by atoms with Crippen molar-refractivity contribution < 1.29 is 9.31 Å². The van der Waals surface area contributed by atoms with Gasteiger partial charge in [-0.3, -0.25) is 4.98 Å².